The number of piperidine rings is 1. The molecule has 2 nitrogen and oxygen atoms in total. The lowest BCUT2D eigenvalue weighted by molar-refractivity contribution is 0.117. The van der Waals surface area contributed by atoms with Crippen LogP contribution in [-0.2, 0) is 13.1 Å². The van der Waals surface area contributed by atoms with Crippen molar-refractivity contribution in [3.8, 4) is 0 Å². The summed E-state index contributed by atoms with van der Waals surface area (Å²) in [5.74, 6) is 0.852. The number of nitrogens with zero attached hydrogens (tertiary/aromatic N) is 1. The number of nitrogens with one attached hydrogen (secondary N) is 1. The molecule has 1 saturated heterocycles. The van der Waals surface area contributed by atoms with E-state index in [2.05, 4.69) is 48.3 Å². The van der Waals surface area contributed by atoms with Crippen LogP contribution in [0.3, 0.4) is 0 Å². The van der Waals surface area contributed by atoms with Gasteiger partial charge in [0.05, 0.1) is 0 Å². The summed E-state index contributed by atoms with van der Waals surface area (Å²) in [4.78, 5) is 2.63. The van der Waals surface area contributed by atoms with Crippen molar-refractivity contribution in [2.24, 2.45) is 5.92 Å². The summed E-state index contributed by atoms with van der Waals surface area (Å²) in [6, 6.07) is 9.77. The van der Waals surface area contributed by atoms with Crippen molar-refractivity contribution in [1.29, 1.82) is 0 Å². The molecule has 2 heteroatoms. The summed E-state index contributed by atoms with van der Waals surface area (Å²) in [6.07, 6.45) is 2.73. The highest BCUT2D eigenvalue weighted by Crippen LogP contribution is 2.23. The van der Waals surface area contributed by atoms with Crippen LogP contribution in [0.2, 0.25) is 0 Å². The zero-order valence-electron chi connectivity index (χ0n) is 11.9. The summed E-state index contributed by atoms with van der Waals surface area (Å²) in [6.45, 7) is 8.04. The Morgan fingerprint density at radius 1 is 1.11 bits per heavy atom. The van der Waals surface area contributed by atoms with Crippen molar-refractivity contribution in [2.75, 3.05) is 13.6 Å². The fourth-order valence-electron chi connectivity index (χ4n) is 2.80. The number of rotatable bonds is 4. The first-order chi connectivity index (χ1) is 8.69. The second-order valence-electron chi connectivity index (χ2n) is 5.81. The Balaban J connectivity index is 1.95. The average Bonchev–Trinajstić information content (AvgIpc) is 2.37. The van der Waals surface area contributed by atoms with Gasteiger partial charge in [0, 0.05) is 25.7 Å². The van der Waals surface area contributed by atoms with Gasteiger partial charge in [0.25, 0.3) is 0 Å². The van der Waals surface area contributed by atoms with Gasteiger partial charge in [-0.15, -0.1) is 0 Å². The summed E-state index contributed by atoms with van der Waals surface area (Å²) in [5.41, 5.74) is 2.80. The van der Waals surface area contributed by atoms with Crippen LogP contribution < -0.4 is 5.32 Å². The molecule has 18 heavy (non-hydrogen) atoms. The zero-order chi connectivity index (χ0) is 13.0. The molecule has 1 aromatic carbocycles. The number of likely N-dealkylation sites (tertiary alicyclic amines) is 1. The third-order valence-electron chi connectivity index (χ3n) is 4.04. The highest BCUT2D eigenvalue weighted by molar-refractivity contribution is 5.22. The minimum absolute atomic E-state index is 0.734. The normalized spacial score (nSPS) is 25.3. The largest absolute Gasteiger partial charge is 0.316 e. The molecular weight excluding hydrogens is 220 g/mol. The standard InChI is InChI=1S/C16H26N2/c1-13-4-5-14(2)18(11-13)12-16-8-6-15(7-9-16)10-17-3/h6-9,13-14,17H,4-5,10-12H2,1-3H3. The first-order valence-corrected chi connectivity index (χ1v) is 7.15. The zero-order valence-corrected chi connectivity index (χ0v) is 11.9. The molecule has 1 aromatic rings. The van der Waals surface area contributed by atoms with E-state index < -0.39 is 0 Å². The smallest absolute Gasteiger partial charge is 0.0236 e. The van der Waals surface area contributed by atoms with Gasteiger partial charge in [0.15, 0.2) is 0 Å². The fraction of sp³-hybridized carbons (Fsp3) is 0.625. The Kier molecular flexibility index (Phi) is 4.79. The fourth-order valence-corrected chi connectivity index (χ4v) is 2.80. The van der Waals surface area contributed by atoms with Crippen molar-refractivity contribution < 1.29 is 0 Å². The van der Waals surface area contributed by atoms with E-state index >= 15 is 0 Å². The molecule has 1 aliphatic rings. The van der Waals surface area contributed by atoms with Gasteiger partial charge >= 0.3 is 0 Å². The van der Waals surface area contributed by atoms with Crippen LogP contribution in [0.25, 0.3) is 0 Å². The van der Waals surface area contributed by atoms with Gasteiger partial charge in [0.1, 0.15) is 0 Å². The van der Waals surface area contributed by atoms with Crippen LogP contribution in [0, 0.1) is 5.92 Å². The van der Waals surface area contributed by atoms with Gasteiger partial charge in [-0.2, -0.15) is 0 Å². The van der Waals surface area contributed by atoms with E-state index in [9.17, 15) is 0 Å². The van der Waals surface area contributed by atoms with Crippen LogP contribution in [0.5, 0.6) is 0 Å². The second kappa shape index (κ2) is 6.35. The number of hydrogen-bond acceptors (Lipinski definition) is 2. The van der Waals surface area contributed by atoms with Crippen molar-refractivity contribution in [3.63, 3.8) is 0 Å². The maximum atomic E-state index is 3.19. The van der Waals surface area contributed by atoms with E-state index in [0.717, 1.165) is 25.0 Å². The van der Waals surface area contributed by atoms with Crippen LogP contribution in [0.15, 0.2) is 24.3 Å². The lowest BCUT2D eigenvalue weighted by atomic mass is 9.94. The maximum absolute atomic E-state index is 3.19. The Bertz CT molecular complexity index is 358. The molecule has 0 aliphatic carbocycles. The Morgan fingerprint density at radius 2 is 1.78 bits per heavy atom. The molecule has 0 aromatic heterocycles. The van der Waals surface area contributed by atoms with Crippen molar-refractivity contribution >= 4 is 0 Å². The van der Waals surface area contributed by atoms with Gasteiger partial charge in [-0.3, -0.25) is 4.90 Å². The molecule has 1 N–H and O–H groups in total. The SMILES string of the molecule is CNCc1ccc(CN2CC(C)CCC2C)cc1. The Hall–Kier alpha value is -0.860. The first-order valence-electron chi connectivity index (χ1n) is 7.15. The van der Waals surface area contributed by atoms with Crippen LogP contribution in [0.4, 0.5) is 0 Å². The maximum Gasteiger partial charge on any atom is 0.0236 e. The monoisotopic (exact) mass is 246 g/mol. The molecule has 1 heterocycles. The molecular formula is C16H26N2. The van der Waals surface area contributed by atoms with E-state index in [1.54, 1.807) is 0 Å². The second-order valence-corrected chi connectivity index (χ2v) is 5.81. The van der Waals surface area contributed by atoms with Gasteiger partial charge in [-0.05, 0) is 43.9 Å². The summed E-state index contributed by atoms with van der Waals surface area (Å²) >= 11 is 0. The molecule has 0 spiro atoms. The topological polar surface area (TPSA) is 15.3 Å². The molecule has 2 unspecified atom stereocenters. The average molecular weight is 246 g/mol. The molecule has 2 rings (SSSR count). The molecule has 0 bridgehead atoms. The third-order valence-corrected chi connectivity index (χ3v) is 4.04. The van der Waals surface area contributed by atoms with Gasteiger partial charge < -0.3 is 5.32 Å². The molecule has 0 amide bonds. The minimum atomic E-state index is 0.734. The third kappa shape index (κ3) is 3.56. The predicted octanol–water partition coefficient (Wildman–Crippen LogP) is 3.03. The Labute approximate surface area is 111 Å². The predicted molar refractivity (Wildman–Crippen MR) is 77.5 cm³/mol. The van der Waals surface area contributed by atoms with Crippen molar-refractivity contribution in [3.05, 3.63) is 35.4 Å². The summed E-state index contributed by atoms with van der Waals surface area (Å²) in [5, 5.41) is 3.19. The molecule has 100 valence electrons. The molecule has 0 saturated carbocycles. The molecule has 1 fully saturated rings. The first kappa shape index (κ1) is 13.6. The van der Waals surface area contributed by atoms with E-state index in [0.29, 0.717) is 0 Å². The Morgan fingerprint density at radius 3 is 2.44 bits per heavy atom. The van der Waals surface area contributed by atoms with E-state index in [1.165, 1.54) is 30.5 Å². The molecule has 2 atom stereocenters. The highest BCUT2D eigenvalue weighted by Gasteiger charge is 2.22. The van der Waals surface area contributed by atoms with Gasteiger partial charge in [0.2, 0.25) is 0 Å². The number of hydrogen-bond donors (Lipinski definition) is 1. The lowest BCUT2D eigenvalue weighted by Gasteiger charge is -2.36. The van der Waals surface area contributed by atoms with Crippen molar-refractivity contribution in [1.82, 2.24) is 10.2 Å². The minimum Gasteiger partial charge on any atom is -0.316 e. The quantitative estimate of drug-likeness (QED) is 0.878. The van der Waals surface area contributed by atoms with Crippen LogP contribution >= 0.6 is 0 Å². The van der Waals surface area contributed by atoms with Crippen LogP contribution in [-0.4, -0.2) is 24.5 Å². The summed E-state index contributed by atoms with van der Waals surface area (Å²) < 4.78 is 0. The van der Waals surface area contributed by atoms with Crippen LogP contribution in [0.1, 0.15) is 37.8 Å². The van der Waals surface area contributed by atoms with E-state index in [-0.39, 0.29) is 0 Å². The van der Waals surface area contributed by atoms with Crippen molar-refractivity contribution in [2.45, 2.75) is 45.8 Å². The van der Waals surface area contributed by atoms with E-state index in [4.69, 9.17) is 0 Å². The highest BCUT2D eigenvalue weighted by atomic mass is 15.2. The molecule has 0 radical (unpaired) electrons. The number of benzene rings is 1. The van der Waals surface area contributed by atoms with Gasteiger partial charge in [-0.25, -0.2) is 0 Å². The lowest BCUT2D eigenvalue weighted by Crippen LogP contribution is -2.40. The molecule has 1 aliphatic heterocycles. The van der Waals surface area contributed by atoms with E-state index in [1.807, 2.05) is 7.05 Å². The summed E-state index contributed by atoms with van der Waals surface area (Å²) in [7, 11) is 1.99. The van der Waals surface area contributed by atoms with Gasteiger partial charge in [-0.1, -0.05) is 31.2 Å².